The topological polar surface area (TPSA) is 15.3 Å². The number of hydrogen-bond donors (Lipinski definition) is 1. The summed E-state index contributed by atoms with van der Waals surface area (Å²) in [6, 6.07) is 1.64. The Balaban J connectivity index is 1.86. The highest BCUT2D eigenvalue weighted by molar-refractivity contribution is 4.86. The molecule has 0 bridgehead atoms. The van der Waals surface area contributed by atoms with Crippen LogP contribution in [0, 0.1) is 11.8 Å². The predicted octanol–water partition coefficient (Wildman–Crippen LogP) is 3.67. The van der Waals surface area contributed by atoms with Gasteiger partial charge in [0.25, 0.3) is 0 Å². The highest BCUT2D eigenvalue weighted by Gasteiger charge is 2.30. The van der Waals surface area contributed by atoms with Crippen LogP contribution in [0.4, 0.5) is 0 Å². The third-order valence-corrected chi connectivity index (χ3v) is 5.43. The van der Waals surface area contributed by atoms with Gasteiger partial charge in [0.1, 0.15) is 0 Å². The van der Waals surface area contributed by atoms with Crippen LogP contribution >= 0.6 is 0 Å². The highest BCUT2D eigenvalue weighted by atomic mass is 15.1. The molecule has 0 saturated heterocycles. The summed E-state index contributed by atoms with van der Waals surface area (Å²) in [7, 11) is 2.37. The minimum atomic E-state index is 0.771. The molecular weight excluding hydrogens is 232 g/mol. The van der Waals surface area contributed by atoms with E-state index >= 15 is 0 Å². The Morgan fingerprint density at radius 2 is 1.79 bits per heavy atom. The molecule has 0 radical (unpaired) electrons. The van der Waals surface area contributed by atoms with Crippen LogP contribution in [0.2, 0.25) is 0 Å². The zero-order chi connectivity index (χ0) is 13.7. The number of rotatable bonds is 5. The van der Waals surface area contributed by atoms with Gasteiger partial charge in [0.2, 0.25) is 0 Å². The summed E-state index contributed by atoms with van der Waals surface area (Å²) in [5, 5.41) is 3.74. The molecule has 1 N–H and O–H groups in total. The second-order valence-electron chi connectivity index (χ2n) is 7.07. The normalized spacial score (nSPS) is 33.8. The minimum Gasteiger partial charge on any atom is -0.314 e. The first kappa shape index (κ1) is 15.3. The van der Waals surface area contributed by atoms with E-state index in [1.807, 2.05) is 0 Å². The van der Waals surface area contributed by atoms with Crippen molar-refractivity contribution in [1.82, 2.24) is 10.2 Å². The molecule has 2 saturated carbocycles. The van der Waals surface area contributed by atoms with E-state index in [0.29, 0.717) is 0 Å². The Kier molecular flexibility index (Phi) is 6.15. The molecule has 2 heteroatoms. The lowest BCUT2D eigenvalue weighted by Gasteiger charge is -2.40. The summed E-state index contributed by atoms with van der Waals surface area (Å²) >= 11 is 0. The third-order valence-electron chi connectivity index (χ3n) is 5.43. The molecule has 2 aliphatic carbocycles. The summed E-state index contributed by atoms with van der Waals surface area (Å²) in [5.41, 5.74) is 0. The second kappa shape index (κ2) is 7.64. The lowest BCUT2D eigenvalue weighted by molar-refractivity contribution is 0.117. The fourth-order valence-corrected chi connectivity index (χ4v) is 4.27. The van der Waals surface area contributed by atoms with Crippen molar-refractivity contribution < 1.29 is 0 Å². The Morgan fingerprint density at radius 3 is 2.47 bits per heavy atom. The molecule has 2 rings (SSSR count). The molecule has 112 valence electrons. The monoisotopic (exact) mass is 266 g/mol. The maximum Gasteiger partial charge on any atom is 0.0108 e. The Labute approximate surface area is 120 Å². The average Bonchev–Trinajstić information content (AvgIpc) is 2.43. The summed E-state index contributed by atoms with van der Waals surface area (Å²) in [4.78, 5) is 2.69. The van der Waals surface area contributed by atoms with Gasteiger partial charge < -0.3 is 10.2 Å². The fourth-order valence-electron chi connectivity index (χ4n) is 4.27. The van der Waals surface area contributed by atoms with Crippen LogP contribution in [0.15, 0.2) is 0 Å². The van der Waals surface area contributed by atoms with Gasteiger partial charge in [0.15, 0.2) is 0 Å². The lowest BCUT2D eigenvalue weighted by atomic mass is 9.78. The van der Waals surface area contributed by atoms with E-state index in [0.717, 1.165) is 30.5 Å². The molecule has 2 nitrogen and oxygen atoms in total. The summed E-state index contributed by atoms with van der Waals surface area (Å²) < 4.78 is 0. The number of hydrogen-bond acceptors (Lipinski definition) is 2. The van der Waals surface area contributed by atoms with E-state index in [2.05, 4.69) is 31.1 Å². The minimum absolute atomic E-state index is 0.771. The zero-order valence-electron chi connectivity index (χ0n) is 13.3. The van der Waals surface area contributed by atoms with Crippen LogP contribution in [-0.4, -0.2) is 37.1 Å². The summed E-state index contributed by atoms with van der Waals surface area (Å²) in [5.74, 6) is 1.80. The molecule has 0 aromatic carbocycles. The number of nitrogens with one attached hydrogen (secondary N) is 1. The van der Waals surface area contributed by atoms with E-state index < -0.39 is 0 Å². The molecule has 0 aliphatic heterocycles. The molecule has 0 amide bonds. The van der Waals surface area contributed by atoms with Crippen LogP contribution in [0.3, 0.4) is 0 Å². The maximum atomic E-state index is 3.74. The van der Waals surface area contributed by atoms with Gasteiger partial charge in [-0.3, -0.25) is 0 Å². The summed E-state index contributed by atoms with van der Waals surface area (Å²) in [6.07, 6.45) is 11.5. The molecule has 19 heavy (non-hydrogen) atoms. The molecule has 3 unspecified atom stereocenters. The largest absolute Gasteiger partial charge is 0.314 e. The lowest BCUT2D eigenvalue weighted by Crippen LogP contribution is -2.47. The fraction of sp³-hybridized carbons (Fsp3) is 1.00. The first-order valence-corrected chi connectivity index (χ1v) is 8.64. The van der Waals surface area contributed by atoms with Crippen molar-refractivity contribution in [3.8, 4) is 0 Å². The van der Waals surface area contributed by atoms with Crippen molar-refractivity contribution in [2.24, 2.45) is 11.8 Å². The Bertz CT molecular complexity index is 248. The Hall–Kier alpha value is -0.0800. The first-order chi connectivity index (χ1) is 9.20. The van der Waals surface area contributed by atoms with Crippen molar-refractivity contribution >= 4 is 0 Å². The smallest absolute Gasteiger partial charge is 0.0108 e. The second-order valence-corrected chi connectivity index (χ2v) is 7.07. The van der Waals surface area contributed by atoms with Crippen LogP contribution in [0.25, 0.3) is 0 Å². The quantitative estimate of drug-likeness (QED) is 0.817. The highest BCUT2D eigenvalue weighted by Crippen LogP contribution is 2.31. The average molecular weight is 266 g/mol. The molecule has 0 spiro atoms. The van der Waals surface area contributed by atoms with Crippen molar-refractivity contribution in [1.29, 1.82) is 0 Å². The Morgan fingerprint density at radius 1 is 1.05 bits per heavy atom. The van der Waals surface area contributed by atoms with Crippen LogP contribution in [0.1, 0.15) is 65.2 Å². The SMILES string of the molecule is CCNC1CCC(C)CC1CN(C)C1CCCCC1. The van der Waals surface area contributed by atoms with Gasteiger partial charge in [0, 0.05) is 18.6 Å². The van der Waals surface area contributed by atoms with E-state index in [9.17, 15) is 0 Å². The molecule has 0 aromatic heterocycles. The van der Waals surface area contributed by atoms with Crippen molar-refractivity contribution in [3.63, 3.8) is 0 Å². The van der Waals surface area contributed by atoms with E-state index in [-0.39, 0.29) is 0 Å². The number of nitrogens with zero attached hydrogens (tertiary/aromatic N) is 1. The summed E-state index contributed by atoms with van der Waals surface area (Å²) in [6.45, 7) is 7.13. The zero-order valence-corrected chi connectivity index (χ0v) is 13.3. The maximum absolute atomic E-state index is 3.74. The van der Waals surface area contributed by atoms with Crippen molar-refractivity contribution in [2.75, 3.05) is 20.1 Å². The standard InChI is InChI=1S/C17H34N2/c1-4-18-17-11-10-14(2)12-15(17)13-19(3)16-8-6-5-7-9-16/h14-18H,4-13H2,1-3H3. The van der Waals surface area contributed by atoms with Gasteiger partial charge in [-0.05, 0) is 57.5 Å². The van der Waals surface area contributed by atoms with Gasteiger partial charge in [0.05, 0.1) is 0 Å². The molecule has 2 fully saturated rings. The van der Waals surface area contributed by atoms with Crippen LogP contribution in [-0.2, 0) is 0 Å². The van der Waals surface area contributed by atoms with Crippen LogP contribution in [0.5, 0.6) is 0 Å². The van der Waals surface area contributed by atoms with E-state index in [1.165, 1.54) is 57.9 Å². The van der Waals surface area contributed by atoms with Gasteiger partial charge in [-0.25, -0.2) is 0 Å². The van der Waals surface area contributed by atoms with Crippen molar-refractivity contribution in [2.45, 2.75) is 77.3 Å². The van der Waals surface area contributed by atoms with E-state index in [1.54, 1.807) is 0 Å². The molecule has 0 heterocycles. The van der Waals surface area contributed by atoms with Crippen LogP contribution < -0.4 is 5.32 Å². The first-order valence-electron chi connectivity index (χ1n) is 8.64. The van der Waals surface area contributed by atoms with Crippen molar-refractivity contribution in [3.05, 3.63) is 0 Å². The van der Waals surface area contributed by atoms with Gasteiger partial charge in [-0.1, -0.05) is 33.1 Å². The molecule has 3 atom stereocenters. The predicted molar refractivity (Wildman–Crippen MR) is 83.5 cm³/mol. The molecular formula is C17H34N2. The molecule has 2 aliphatic rings. The van der Waals surface area contributed by atoms with E-state index in [4.69, 9.17) is 0 Å². The van der Waals surface area contributed by atoms with Gasteiger partial charge in [-0.2, -0.15) is 0 Å². The molecule has 0 aromatic rings. The third kappa shape index (κ3) is 4.46. The van der Waals surface area contributed by atoms with Gasteiger partial charge in [-0.15, -0.1) is 0 Å². The van der Waals surface area contributed by atoms with Gasteiger partial charge >= 0.3 is 0 Å².